The van der Waals surface area contributed by atoms with Crippen molar-refractivity contribution in [1.82, 2.24) is 0 Å². The molecule has 0 bridgehead atoms. The molecular formula is C37H66O4Si2. The lowest BCUT2D eigenvalue weighted by atomic mass is 9.70. The van der Waals surface area contributed by atoms with Gasteiger partial charge in [0.15, 0.2) is 22.4 Å². The van der Waals surface area contributed by atoms with Crippen molar-refractivity contribution in [3.63, 3.8) is 0 Å². The SMILES string of the molecule is C/C1=C/C[C@]2(C)C(=O)C(O)=C([C@H](C)CO[Si](C)(C)C(C)(C)C)[C@H]2C/C=C(/C)C(O[Si](C)(C)C(C)(C)C)CC/C(C)=C/CC1. The van der Waals surface area contributed by atoms with Crippen molar-refractivity contribution in [1.29, 1.82) is 0 Å². The average molecular weight is 631 g/mol. The normalized spacial score (nSPS) is 30.3. The zero-order chi connectivity index (χ0) is 33.2. The first-order chi connectivity index (χ1) is 19.4. The van der Waals surface area contributed by atoms with E-state index in [0.717, 1.165) is 31.3 Å². The van der Waals surface area contributed by atoms with Gasteiger partial charge >= 0.3 is 0 Å². The minimum Gasteiger partial charge on any atom is -0.504 e. The molecule has 0 spiro atoms. The lowest BCUT2D eigenvalue weighted by molar-refractivity contribution is -0.126. The average Bonchev–Trinajstić information content (AvgIpc) is 3.05. The molecule has 0 aliphatic heterocycles. The molecule has 0 radical (unpaired) electrons. The molecule has 0 fully saturated rings. The second kappa shape index (κ2) is 14.0. The number of carbonyl (C=O) groups is 1. The largest absolute Gasteiger partial charge is 0.504 e. The lowest BCUT2D eigenvalue weighted by Gasteiger charge is -2.40. The van der Waals surface area contributed by atoms with Gasteiger partial charge in [-0.1, -0.05) is 84.8 Å². The number of Topliss-reactive ketones (excluding diaryl/α,β-unsaturated/α-hetero) is 1. The molecule has 0 saturated heterocycles. The number of carbonyl (C=O) groups excluding carboxylic acids is 1. The highest BCUT2D eigenvalue weighted by Gasteiger charge is 2.52. The van der Waals surface area contributed by atoms with E-state index in [-0.39, 0.29) is 39.6 Å². The number of hydrogen-bond acceptors (Lipinski definition) is 4. The number of fused-ring (bicyclic) bond motifs is 1. The minimum absolute atomic E-state index is 0.0234. The van der Waals surface area contributed by atoms with Crippen molar-refractivity contribution in [3.8, 4) is 0 Å². The van der Waals surface area contributed by atoms with E-state index in [0.29, 0.717) is 19.4 Å². The van der Waals surface area contributed by atoms with Crippen molar-refractivity contribution in [2.75, 3.05) is 6.61 Å². The van der Waals surface area contributed by atoms with Crippen molar-refractivity contribution < 1.29 is 18.8 Å². The summed E-state index contributed by atoms with van der Waals surface area (Å²) in [6.45, 7) is 34.2. The molecular weight excluding hydrogens is 565 g/mol. The van der Waals surface area contributed by atoms with Gasteiger partial charge in [0.25, 0.3) is 0 Å². The van der Waals surface area contributed by atoms with Crippen LogP contribution in [0.25, 0.3) is 0 Å². The summed E-state index contributed by atoms with van der Waals surface area (Å²) in [5.41, 5.74) is 4.16. The smallest absolute Gasteiger partial charge is 0.203 e. The van der Waals surface area contributed by atoms with Gasteiger partial charge in [-0.25, -0.2) is 0 Å². The predicted octanol–water partition coefficient (Wildman–Crippen LogP) is 11.2. The van der Waals surface area contributed by atoms with Crippen LogP contribution in [0.5, 0.6) is 0 Å². The van der Waals surface area contributed by atoms with Crippen LogP contribution in [0.2, 0.25) is 36.3 Å². The Morgan fingerprint density at radius 3 is 2.05 bits per heavy atom. The quantitative estimate of drug-likeness (QED) is 0.234. The van der Waals surface area contributed by atoms with Crippen LogP contribution in [-0.2, 0) is 13.6 Å². The van der Waals surface area contributed by atoms with Crippen molar-refractivity contribution in [2.45, 2.75) is 157 Å². The van der Waals surface area contributed by atoms with Crippen molar-refractivity contribution >= 4 is 22.4 Å². The van der Waals surface area contributed by atoms with Gasteiger partial charge in [0.2, 0.25) is 5.78 Å². The molecule has 0 saturated carbocycles. The Labute approximate surface area is 267 Å². The second-order valence-corrected chi connectivity index (χ2v) is 26.6. The van der Waals surface area contributed by atoms with Crippen LogP contribution < -0.4 is 0 Å². The van der Waals surface area contributed by atoms with Crippen molar-refractivity contribution in [3.05, 3.63) is 46.3 Å². The Morgan fingerprint density at radius 2 is 1.49 bits per heavy atom. The van der Waals surface area contributed by atoms with E-state index in [9.17, 15) is 9.90 Å². The highest BCUT2D eigenvalue weighted by Crippen LogP contribution is 2.51. The third-order valence-electron chi connectivity index (χ3n) is 11.3. The first kappa shape index (κ1) is 38.0. The number of hydrogen-bond donors (Lipinski definition) is 1. The Morgan fingerprint density at radius 1 is 0.930 bits per heavy atom. The van der Waals surface area contributed by atoms with Gasteiger partial charge in [-0.2, -0.15) is 0 Å². The summed E-state index contributed by atoms with van der Waals surface area (Å²) in [5.74, 6) is -0.270. The van der Waals surface area contributed by atoms with Crippen molar-refractivity contribution in [2.24, 2.45) is 17.3 Å². The molecule has 2 rings (SSSR count). The second-order valence-electron chi connectivity index (χ2n) is 17.0. The summed E-state index contributed by atoms with van der Waals surface area (Å²) in [5, 5.41) is 11.7. The van der Waals surface area contributed by atoms with Gasteiger partial charge in [-0.15, -0.1) is 0 Å². The summed E-state index contributed by atoms with van der Waals surface area (Å²) in [7, 11) is -3.99. The van der Waals surface area contributed by atoms with Crippen LogP contribution in [0.1, 0.15) is 115 Å². The van der Waals surface area contributed by atoms with Crippen LogP contribution in [0.15, 0.2) is 46.3 Å². The van der Waals surface area contributed by atoms with Gasteiger partial charge in [0.1, 0.15) is 0 Å². The summed E-state index contributed by atoms with van der Waals surface area (Å²) in [6, 6.07) is 0. The number of ketones is 1. The Bertz CT molecular complexity index is 1130. The molecule has 43 heavy (non-hydrogen) atoms. The summed E-state index contributed by atoms with van der Waals surface area (Å²) < 4.78 is 13.7. The maximum atomic E-state index is 13.9. The molecule has 4 nitrogen and oxygen atoms in total. The standard InChI is InChI=1S/C37H66O4Si2/c1-26-17-16-18-27(2)23-24-37(11)30(21-20-28(3)31(22-19-26)41-43(14,15)36(8,9)10)32(33(38)34(37)39)29(4)25-40-42(12,13)35(5,6)7/h17,20,23,29-31,38H,16,18-19,21-22,24-25H2,1-15H3/b26-17+,27-23-,28-20-/t29-,30-,31?,37+/m1/s1. The molecule has 6 heteroatoms. The van der Waals surface area contributed by atoms with E-state index >= 15 is 0 Å². The molecule has 246 valence electrons. The van der Waals surface area contributed by atoms with Gasteiger partial charge < -0.3 is 14.0 Å². The maximum absolute atomic E-state index is 13.9. The molecule has 0 heterocycles. The van der Waals surface area contributed by atoms with E-state index in [4.69, 9.17) is 8.85 Å². The zero-order valence-electron chi connectivity index (χ0n) is 30.6. The minimum atomic E-state index is -2.01. The molecule has 1 unspecified atom stereocenters. The first-order valence-corrected chi connectivity index (χ1v) is 22.5. The highest BCUT2D eigenvalue weighted by atomic mass is 28.4. The molecule has 1 N–H and O–H groups in total. The zero-order valence-corrected chi connectivity index (χ0v) is 32.6. The fourth-order valence-corrected chi connectivity index (χ4v) is 8.22. The fourth-order valence-electron chi connectivity index (χ4n) is 5.75. The van der Waals surface area contributed by atoms with E-state index in [1.807, 2.05) is 0 Å². The number of aliphatic hydroxyl groups excluding tert-OH is 1. The Balaban J connectivity index is 2.56. The lowest BCUT2D eigenvalue weighted by Crippen LogP contribution is -2.44. The van der Waals surface area contributed by atoms with Gasteiger partial charge in [-0.05, 0) is 107 Å². The van der Waals surface area contributed by atoms with Crippen LogP contribution in [0.4, 0.5) is 0 Å². The molecule has 2 aliphatic carbocycles. The topological polar surface area (TPSA) is 55.8 Å². The van der Waals surface area contributed by atoms with E-state index < -0.39 is 22.0 Å². The molecule has 4 atom stereocenters. The molecule has 0 aromatic carbocycles. The number of rotatable bonds is 6. The van der Waals surface area contributed by atoms with Crippen LogP contribution >= 0.6 is 0 Å². The summed E-state index contributed by atoms with van der Waals surface area (Å²) >= 11 is 0. The van der Waals surface area contributed by atoms with Gasteiger partial charge in [0, 0.05) is 23.9 Å². The number of aliphatic hydroxyl groups is 1. The van der Waals surface area contributed by atoms with E-state index in [1.54, 1.807) is 0 Å². The van der Waals surface area contributed by atoms with Gasteiger partial charge in [0.05, 0.1) is 6.10 Å². The predicted molar refractivity (Wildman–Crippen MR) is 190 cm³/mol. The molecule has 2 aliphatic rings. The molecule has 0 aromatic heterocycles. The van der Waals surface area contributed by atoms with E-state index in [2.05, 4.69) is 121 Å². The molecule has 0 aromatic rings. The molecule has 0 amide bonds. The Kier molecular flexibility index (Phi) is 12.4. The Hall–Kier alpha value is -1.22. The summed E-state index contributed by atoms with van der Waals surface area (Å²) in [6.07, 6.45) is 12.3. The number of allylic oxidation sites excluding steroid dienone is 6. The third-order valence-corrected chi connectivity index (χ3v) is 20.3. The fraction of sp³-hybridized carbons (Fsp3) is 0.757. The monoisotopic (exact) mass is 630 g/mol. The van der Waals surface area contributed by atoms with Crippen LogP contribution in [0, 0.1) is 17.3 Å². The first-order valence-electron chi connectivity index (χ1n) is 16.7. The summed E-state index contributed by atoms with van der Waals surface area (Å²) in [4.78, 5) is 13.9. The van der Waals surface area contributed by atoms with E-state index in [1.165, 1.54) is 16.7 Å². The van der Waals surface area contributed by atoms with Gasteiger partial charge in [-0.3, -0.25) is 4.79 Å². The van der Waals surface area contributed by atoms with Crippen LogP contribution in [-0.4, -0.2) is 40.2 Å². The maximum Gasteiger partial charge on any atom is 0.203 e. The third kappa shape index (κ3) is 9.17. The van der Waals surface area contributed by atoms with Crippen LogP contribution in [0.3, 0.4) is 0 Å². The highest BCUT2D eigenvalue weighted by molar-refractivity contribution is 6.74.